The number of carbonyl (C=O) groups is 1. The van der Waals surface area contributed by atoms with Crippen molar-refractivity contribution in [1.82, 2.24) is 25.8 Å². The Hall–Kier alpha value is -2.21. The molecular weight excluding hydrogens is 290 g/mol. The number of hydrogen-bond donors (Lipinski definition) is 3. The van der Waals surface area contributed by atoms with Crippen molar-refractivity contribution >= 4 is 5.91 Å². The Bertz CT molecular complexity index is 665. The molecule has 2 aromatic heterocycles. The predicted molar refractivity (Wildman–Crippen MR) is 88.1 cm³/mol. The van der Waals surface area contributed by atoms with Gasteiger partial charge in [0.1, 0.15) is 0 Å². The Balaban J connectivity index is 1.69. The second kappa shape index (κ2) is 6.91. The third kappa shape index (κ3) is 3.42. The van der Waals surface area contributed by atoms with Crippen molar-refractivity contribution in [3.05, 3.63) is 47.0 Å². The highest BCUT2D eigenvalue weighted by Crippen LogP contribution is 2.23. The maximum atomic E-state index is 12.5. The fourth-order valence-corrected chi connectivity index (χ4v) is 3.03. The van der Waals surface area contributed by atoms with Gasteiger partial charge in [-0.05, 0) is 17.5 Å². The zero-order valence-corrected chi connectivity index (χ0v) is 13.6. The van der Waals surface area contributed by atoms with Gasteiger partial charge in [-0.2, -0.15) is 5.10 Å². The van der Waals surface area contributed by atoms with Crippen LogP contribution in [0.4, 0.5) is 0 Å². The molecule has 2 aromatic rings. The lowest BCUT2D eigenvalue weighted by atomic mass is 9.89. The first kappa shape index (κ1) is 15.7. The second-order valence-electron chi connectivity index (χ2n) is 6.30. The van der Waals surface area contributed by atoms with E-state index in [0.717, 1.165) is 29.8 Å². The van der Waals surface area contributed by atoms with Crippen molar-refractivity contribution in [2.24, 2.45) is 5.92 Å². The van der Waals surface area contributed by atoms with Gasteiger partial charge in [0, 0.05) is 55.6 Å². The van der Waals surface area contributed by atoms with Crippen LogP contribution in [0.25, 0.3) is 0 Å². The van der Waals surface area contributed by atoms with Crippen LogP contribution in [-0.2, 0) is 13.0 Å². The summed E-state index contributed by atoms with van der Waals surface area (Å²) >= 11 is 0. The lowest BCUT2D eigenvalue weighted by Crippen LogP contribution is -2.32. The molecular formula is C17H23N5O. The van der Waals surface area contributed by atoms with Gasteiger partial charge in [0.2, 0.25) is 0 Å². The number of fused-ring (bicyclic) bond motifs is 1. The summed E-state index contributed by atoms with van der Waals surface area (Å²) in [6.07, 6.45) is 4.53. The number of nitrogens with one attached hydrogen (secondary N) is 3. The molecule has 1 unspecified atom stereocenters. The monoisotopic (exact) mass is 313 g/mol. The van der Waals surface area contributed by atoms with Crippen LogP contribution >= 0.6 is 0 Å². The number of amides is 1. The molecule has 6 heteroatoms. The number of H-pyrrole nitrogens is 1. The molecule has 0 saturated carbocycles. The van der Waals surface area contributed by atoms with Crippen LogP contribution in [0.5, 0.6) is 0 Å². The number of aromatic amines is 1. The van der Waals surface area contributed by atoms with Gasteiger partial charge in [-0.3, -0.25) is 14.9 Å². The molecule has 0 aliphatic carbocycles. The van der Waals surface area contributed by atoms with E-state index < -0.39 is 0 Å². The maximum Gasteiger partial charge on any atom is 0.272 e. The first-order chi connectivity index (χ1) is 11.2. The average Bonchev–Trinajstić information content (AvgIpc) is 2.99. The summed E-state index contributed by atoms with van der Waals surface area (Å²) in [5.74, 6) is 0.538. The van der Waals surface area contributed by atoms with Crippen LogP contribution in [0.1, 0.15) is 47.1 Å². The summed E-state index contributed by atoms with van der Waals surface area (Å²) < 4.78 is 0. The van der Waals surface area contributed by atoms with E-state index >= 15 is 0 Å². The zero-order valence-electron chi connectivity index (χ0n) is 13.6. The molecule has 1 amide bonds. The molecule has 23 heavy (non-hydrogen) atoms. The standard InChI is InChI=1S/C17H23N5O/c1-11(2)13(12-4-3-6-18-8-12)10-20-17(23)16-14-9-19-7-5-15(14)21-22-16/h3-4,6,8,11,13,19H,5,7,9-10H2,1-2H3,(H,20,23)(H,21,22). The van der Waals surface area contributed by atoms with Crippen molar-refractivity contribution in [2.45, 2.75) is 32.7 Å². The molecule has 3 rings (SSSR count). The smallest absolute Gasteiger partial charge is 0.272 e. The summed E-state index contributed by atoms with van der Waals surface area (Å²) in [6.45, 7) is 6.52. The molecule has 0 saturated heterocycles. The molecule has 0 bridgehead atoms. The molecule has 3 N–H and O–H groups in total. The fourth-order valence-electron chi connectivity index (χ4n) is 3.03. The van der Waals surface area contributed by atoms with E-state index in [-0.39, 0.29) is 11.8 Å². The number of aromatic nitrogens is 3. The van der Waals surface area contributed by atoms with Crippen molar-refractivity contribution in [2.75, 3.05) is 13.1 Å². The molecule has 0 radical (unpaired) electrons. The van der Waals surface area contributed by atoms with Gasteiger partial charge >= 0.3 is 0 Å². The van der Waals surface area contributed by atoms with E-state index in [0.29, 0.717) is 24.7 Å². The molecule has 1 aliphatic rings. The van der Waals surface area contributed by atoms with E-state index in [1.165, 1.54) is 0 Å². The highest BCUT2D eigenvalue weighted by atomic mass is 16.1. The predicted octanol–water partition coefficient (Wildman–Crippen LogP) is 1.62. The molecule has 1 aliphatic heterocycles. The number of rotatable bonds is 5. The second-order valence-corrected chi connectivity index (χ2v) is 6.30. The first-order valence-electron chi connectivity index (χ1n) is 8.11. The molecule has 3 heterocycles. The maximum absolute atomic E-state index is 12.5. The normalized spacial score (nSPS) is 15.3. The minimum atomic E-state index is -0.110. The van der Waals surface area contributed by atoms with Crippen molar-refractivity contribution in [3.63, 3.8) is 0 Å². The fraction of sp³-hybridized carbons (Fsp3) is 0.471. The molecule has 0 spiro atoms. The third-order valence-corrected chi connectivity index (χ3v) is 4.42. The Morgan fingerprint density at radius 1 is 1.43 bits per heavy atom. The molecule has 122 valence electrons. The molecule has 1 atom stereocenters. The summed E-state index contributed by atoms with van der Waals surface area (Å²) in [6, 6.07) is 3.99. The van der Waals surface area contributed by atoms with E-state index in [2.05, 4.69) is 45.7 Å². The Labute approximate surface area is 136 Å². The van der Waals surface area contributed by atoms with Gasteiger partial charge in [-0.25, -0.2) is 0 Å². The Morgan fingerprint density at radius 3 is 3.04 bits per heavy atom. The van der Waals surface area contributed by atoms with E-state index in [4.69, 9.17) is 0 Å². The highest BCUT2D eigenvalue weighted by Gasteiger charge is 2.23. The molecule has 0 aromatic carbocycles. The minimum Gasteiger partial charge on any atom is -0.350 e. The SMILES string of the molecule is CC(C)C(CNC(=O)c1n[nH]c2c1CNCC2)c1cccnc1. The van der Waals surface area contributed by atoms with Crippen molar-refractivity contribution < 1.29 is 4.79 Å². The number of carbonyl (C=O) groups excluding carboxylic acids is 1. The van der Waals surface area contributed by atoms with E-state index in [9.17, 15) is 4.79 Å². The molecule has 6 nitrogen and oxygen atoms in total. The average molecular weight is 313 g/mol. The van der Waals surface area contributed by atoms with Crippen molar-refractivity contribution in [3.8, 4) is 0 Å². The topological polar surface area (TPSA) is 82.7 Å². The summed E-state index contributed by atoms with van der Waals surface area (Å²) in [5.41, 5.74) is 3.73. The van der Waals surface area contributed by atoms with Crippen LogP contribution in [0.2, 0.25) is 0 Å². The third-order valence-electron chi connectivity index (χ3n) is 4.42. The van der Waals surface area contributed by atoms with Gasteiger partial charge in [0.15, 0.2) is 5.69 Å². The number of hydrogen-bond acceptors (Lipinski definition) is 4. The van der Waals surface area contributed by atoms with E-state index in [1.54, 1.807) is 6.20 Å². The minimum absolute atomic E-state index is 0.110. The Morgan fingerprint density at radius 2 is 2.30 bits per heavy atom. The summed E-state index contributed by atoms with van der Waals surface area (Å²) in [7, 11) is 0. The highest BCUT2D eigenvalue weighted by molar-refractivity contribution is 5.94. The van der Waals surface area contributed by atoms with Gasteiger partial charge < -0.3 is 10.6 Å². The van der Waals surface area contributed by atoms with Gasteiger partial charge in [0.05, 0.1) is 0 Å². The van der Waals surface area contributed by atoms with Crippen LogP contribution in [0.15, 0.2) is 24.5 Å². The van der Waals surface area contributed by atoms with E-state index in [1.807, 2.05) is 12.3 Å². The zero-order chi connectivity index (χ0) is 16.2. The van der Waals surface area contributed by atoms with Gasteiger partial charge in [-0.1, -0.05) is 19.9 Å². The summed E-state index contributed by atoms with van der Waals surface area (Å²) in [4.78, 5) is 16.7. The first-order valence-corrected chi connectivity index (χ1v) is 8.11. The lowest BCUT2D eigenvalue weighted by Gasteiger charge is -2.21. The number of nitrogens with zero attached hydrogens (tertiary/aromatic N) is 2. The van der Waals surface area contributed by atoms with Gasteiger partial charge in [-0.15, -0.1) is 0 Å². The van der Waals surface area contributed by atoms with Gasteiger partial charge in [0.25, 0.3) is 5.91 Å². The largest absolute Gasteiger partial charge is 0.350 e. The summed E-state index contributed by atoms with van der Waals surface area (Å²) in [5, 5.41) is 13.5. The number of pyridine rings is 1. The van der Waals surface area contributed by atoms with Crippen LogP contribution in [-0.4, -0.2) is 34.2 Å². The van der Waals surface area contributed by atoms with Crippen LogP contribution in [0, 0.1) is 5.92 Å². The molecule has 0 fully saturated rings. The Kier molecular flexibility index (Phi) is 4.71. The quantitative estimate of drug-likeness (QED) is 0.783. The van der Waals surface area contributed by atoms with Crippen LogP contribution in [0.3, 0.4) is 0 Å². The van der Waals surface area contributed by atoms with Crippen LogP contribution < -0.4 is 10.6 Å². The lowest BCUT2D eigenvalue weighted by molar-refractivity contribution is 0.0943. The van der Waals surface area contributed by atoms with Crippen molar-refractivity contribution in [1.29, 1.82) is 0 Å².